The lowest BCUT2D eigenvalue weighted by atomic mass is 9.95. The van der Waals surface area contributed by atoms with Gasteiger partial charge in [-0.05, 0) is 49.7 Å². The summed E-state index contributed by atoms with van der Waals surface area (Å²) >= 11 is 0. The third-order valence-corrected chi connectivity index (χ3v) is 6.83. The fourth-order valence-corrected chi connectivity index (χ4v) is 4.83. The van der Waals surface area contributed by atoms with Gasteiger partial charge in [-0.2, -0.15) is 0 Å². The molecule has 2 heterocycles. The highest BCUT2D eigenvalue weighted by Gasteiger charge is 2.32. The monoisotopic (exact) mass is 433 g/mol. The summed E-state index contributed by atoms with van der Waals surface area (Å²) in [5, 5.41) is 0. The largest absolute Gasteiger partial charge is 0.342 e. The first-order chi connectivity index (χ1) is 15.7. The topological polar surface area (TPSA) is 43.9 Å². The molecule has 0 radical (unpaired) electrons. The number of nitrogens with zero attached hydrogens (tertiary/aromatic N) is 3. The van der Waals surface area contributed by atoms with E-state index in [-0.39, 0.29) is 17.9 Å². The average molecular weight is 434 g/mol. The molecule has 2 fully saturated rings. The summed E-state index contributed by atoms with van der Waals surface area (Å²) in [6, 6.07) is 20.9. The number of likely N-dealkylation sites (tertiary alicyclic amines) is 2. The molecule has 2 saturated heterocycles. The summed E-state index contributed by atoms with van der Waals surface area (Å²) in [6.45, 7) is 4.62. The molecule has 2 aliphatic rings. The Hall–Kier alpha value is -2.82. The van der Waals surface area contributed by atoms with Crippen LogP contribution in [0.1, 0.15) is 36.8 Å². The molecule has 0 spiro atoms. The van der Waals surface area contributed by atoms with E-state index in [1.165, 1.54) is 11.1 Å². The van der Waals surface area contributed by atoms with Crippen LogP contribution in [0, 0.1) is 5.92 Å². The Morgan fingerprint density at radius 2 is 1.19 bits per heavy atom. The van der Waals surface area contributed by atoms with Gasteiger partial charge >= 0.3 is 6.03 Å². The normalized spacial score (nSPS) is 16.9. The quantitative estimate of drug-likeness (QED) is 0.656. The van der Waals surface area contributed by atoms with Crippen molar-refractivity contribution in [3.63, 3.8) is 0 Å². The van der Waals surface area contributed by atoms with Crippen LogP contribution < -0.4 is 0 Å². The van der Waals surface area contributed by atoms with Crippen LogP contribution in [-0.4, -0.2) is 65.9 Å². The molecule has 5 heteroatoms. The number of urea groups is 1. The van der Waals surface area contributed by atoms with Gasteiger partial charge in [0.25, 0.3) is 0 Å². The lowest BCUT2D eigenvalue weighted by Gasteiger charge is -2.36. The van der Waals surface area contributed by atoms with Crippen molar-refractivity contribution in [2.45, 2.75) is 38.5 Å². The van der Waals surface area contributed by atoms with E-state index in [0.29, 0.717) is 13.1 Å². The molecule has 170 valence electrons. The molecule has 0 atom stereocenters. The van der Waals surface area contributed by atoms with Gasteiger partial charge in [-0.3, -0.25) is 4.79 Å². The van der Waals surface area contributed by atoms with Gasteiger partial charge in [0.1, 0.15) is 0 Å². The Balaban J connectivity index is 1.34. The molecule has 2 aliphatic heterocycles. The number of hydrogen-bond donors (Lipinski definition) is 0. The molecule has 0 aromatic heterocycles. The van der Waals surface area contributed by atoms with Gasteiger partial charge in [0.15, 0.2) is 0 Å². The van der Waals surface area contributed by atoms with Crippen molar-refractivity contribution in [3.8, 4) is 0 Å². The summed E-state index contributed by atoms with van der Waals surface area (Å²) in [5.74, 6) is 0.273. The van der Waals surface area contributed by atoms with Crippen molar-refractivity contribution in [3.05, 3.63) is 71.8 Å². The maximum atomic E-state index is 13.5. The predicted molar refractivity (Wildman–Crippen MR) is 127 cm³/mol. The second-order valence-electron chi connectivity index (χ2n) is 9.03. The van der Waals surface area contributed by atoms with Gasteiger partial charge in [-0.25, -0.2) is 4.79 Å². The maximum Gasteiger partial charge on any atom is 0.319 e. The Kier molecular flexibility index (Phi) is 7.81. The first kappa shape index (κ1) is 22.4. The summed E-state index contributed by atoms with van der Waals surface area (Å²) < 4.78 is 0. The summed E-state index contributed by atoms with van der Waals surface area (Å²) in [4.78, 5) is 32.1. The molecule has 2 aromatic rings. The van der Waals surface area contributed by atoms with Crippen LogP contribution in [-0.2, 0) is 17.6 Å². The van der Waals surface area contributed by atoms with Gasteiger partial charge < -0.3 is 14.7 Å². The van der Waals surface area contributed by atoms with E-state index in [9.17, 15) is 9.59 Å². The van der Waals surface area contributed by atoms with Crippen LogP contribution >= 0.6 is 0 Å². The molecule has 2 aromatic carbocycles. The Morgan fingerprint density at radius 1 is 0.719 bits per heavy atom. The molecule has 0 aliphatic carbocycles. The minimum Gasteiger partial charge on any atom is -0.342 e. The van der Waals surface area contributed by atoms with Crippen molar-refractivity contribution in [2.75, 3.05) is 39.3 Å². The second-order valence-corrected chi connectivity index (χ2v) is 9.03. The molecule has 4 rings (SSSR count). The summed E-state index contributed by atoms with van der Waals surface area (Å²) in [5.41, 5.74) is 2.52. The number of piperidine rings is 1. The fraction of sp³-hybridized carbons (Fsp3) is 0.481. The smallest absolute Gasteiger partial charge is 0.319 e. The molecular formula is C27H35N3O2. The van der Waals surface area contributed by atoms with E-state index in [1.54, 1.807) is 0 Å². The van der Waals surface area contributed by atoms with E-state index >= 15 is 0 Å². The van der Waals surface area contributed by atoms with Crippen molar-refractivity contribution >= 4 is 11.9 Å². The number of hydrogen-bond acceptors (Lipinski definition) is 2. The minimum atomic E-state index is 0.0178. The third kappa shape index (κ3) is 5.90. The van der Waals surface area contributed by atoms with Crippen LogP contribution in [0.3, 0.4) is 0 Å². The lowest BCUT2D eigenvalue weighted by molar-refractivity contribution is -0.136. The van der Waals surface area contributed by atoms with E-state index in [1.807, 2.05) is 21.9 Å². The molecule has 0 N–H and O–H groups in total. The highest BCUT2D eigenvalue weighted by Crippen LogP contribution is 2.22. The van der Waals surface area contributed by atoms with Crippen molar-refractivity contribution < 1.29 is 9.59 Å². The minimum absolute atomic E-state index is 0.0178. The molecule has 0 bridgehead atoms. The zero-order valence-electron chi connectivity index (χ0n) is 19.0. The number of carbonyl (C=O) groups is 2. The van der Waals surface area contributed by atoms with Gasteiger partial charge in [-0.1, -0.05) is 60.7 Å². The van der Waals surface area contributed by atoms with Crippen molar-refractivity contribution in [1.82, 2.24) is 14.7 Å². The highest BCUT2D eigenvalue weighted by molar-refractivity contribution is 5.80. The fourth-order valence-electron chi connectivity index (χ4n) is 4.83. The van der Waals surface area contributed by atoms with E-state index in [4.69, 9.17) is 0 Å². The third-order valence-electron chi connectivity index (χ3n) is 6.83. The van der Waals surface area contributed by atoms with Gasteiger partial charge in [0, 0.05) is 45.2 Å². The molecule has 0 unspecified atom stereocenters. The SMILES string of the molecule is O=C(C1CCN(C(=O)N2CCCC2)CC1)N(CCc1ccccc1)CCc1ccccc1. The van der Waals surface area contributed by atoms with Gasteiger partial charge in [0.2, 0.25) is 5.91 Å². The van der Waals surface area contributed by atoms with Gasteiger partial charge in [0.05, 0.1) is 0 Å². The Labute approximate surface area is 192 Å². The second kappa shape index (κ2) is 11.2. The summed E-state index contributed by atoms with van der Waals surface area (Å²) in [7, 11) is 0. The molecule has 5 nitrogen and oxygen atoms in total. The number of benzene rings is 2. The average Bonchev–Trinajstić information content (AvgIpc) is 3.40. The molecule has 0 saturated carbocycles. The van der Waals surface area contributed by atoms with Crippen LogP contribution in [0.5, 0.6) is 0 Å². The van der Waals surface area contributed by atoms with E-state index in [2.05, 4.69) is 53.4 Å². The van der Waals surface area contributed by atoms with E-state index in [0.717, 1.165) is 64.7 Å². The first-order valence-electron chi connectivity index (χ1n) is 12.1. The van der Waals surface area contributed by atoms with Crippen molar-refractivity contribution in [2.24, 2.45) is 5.92 Å². The van der Waals surface area contributed by atoms with Crippen LogP contribution in [0.25, 0.3) is 0 Å². The molecule has 32 heavy (non-hydrogen) atoms. The number of amides is 3. The zero-order valence-corrected chi connectivity index (χ0v) is 19.0. The predicted octanol–water partition coefficient (Wildman–Crippen LogP) is 4.23. The van der Waals surface area contributed by atoms with Crippen molar-refractivity contribution in [1.29, 1.82) is 0 Å². The maximum absolute atomic E-state index is 13.5. The number of rotatable bonds is 7. The van der Waals surface area contributed by atoms with E-state index < -0.39 is 0 Å². The Bertz CT molecular complexity index is 813. The Morgan fingerprint density at radius 3 is 1.69 bits per heavy atom. The van der Waals surface area contributed by atoms with Crippen LogP contribution in [0.2, 0.25) is 0 Å². The highest BCUT2D eigenvalue weighted by atomic mass is 16.2. The lowest BCUT2D eigenvalue weighted by Crippen LogP contribution is -2.48. The summed E-state index contributed by atoms with van der Waals surface area (Å²) in [6.07, 6.45) is 5.50. The molecule has 3 amide bonds. The molecular weight excluding hydrogens is 398 g/mol. The zero-order chi connectivity index (χ0) is 22.2. The standard InChI is InChI=1S/C27H35N3O2/c31-26(25-15-21-30(22-16-25)27(32)29-17-7-8-18-29)28(19-13-23-9-3-1-4-10-23)20-14-24-11-5-2-6-12-24/h1-6,9-12,25H,7-8,13-22H2. The number of carbonyl (C=O) groups excluding carboxylic acids is 2. The van der Waals surface area contributed by atoms with Crippen LogP contribution in [0.15, 0.2) is 60.7 Å². The first-order valence-corrected chi connectivity index (χ1v) is 12.1. The van der Waals surface area contributed by atoms with Crippen LogP contribution in [0.4, 0.5) is 4.79 Å². The van der Waals surface area contributed by atoms with Gasteiger partial charge in [-0.15, -0.1) is 0 Å².